The van der Waals surface area contributed by atoms with Gasteiger partial charge in [0, 0.05) is 15.4 Å². The van der Waals surface area contributed by atoms with Crippen molar-refractivity contribution in [2.24, 2.45) is 0 Å². The molecule has 2 N–H and O–H groups in total. The lowest BCUT2D eigenvalue weighted by Gasteiger charge is -2.00. The van der Waals surface area contributed by atoms with E-state index in [4.69, 9.17) is 4.42 Å². The number of halogens is 1. The predicted octanol–water partition coefficient (Wildman–Crippen LogP) is 3.45. The van der Waals surface area contributed by atoms with Crippen molar-refractivity contribution in [1.82, 2.24) is 10.3 Å². The molecule has 0 spiro atoms. The summed E-state index contributed by atoms with van der Waals surface area (Å²) >= 11 is 3.41. The third kappa shape index (κ3) is 2.56. The summed E-state index contributed by atoms with van der Waals surface area (Å²) in [6, 6.07) is 11.3. The maximum absolute atomic E-state index is 12.0. The molecule has 3 aromatic rings. The van der Waals surface area contributed by atoms with Gasteiger partial charge in [0.15, 0.2) is 0 Å². The molecule has 0 aliphatic rings. The van der Waals surface area contributed by atoms with Crippen LogP contribution in [0.3, 0.4) is 0 Å². The SMILES string of the molecule is O=C(NCc1ccco1)c1cc2cc(Br)ccc2[nH]1. The third-order valence-electron chi connectivity index (χ3n) is 2.83. The molecule has 2 heterocycles. The van der Waals surface area contributed by atoms with Crippen molar-refractivity contribution >= 4 is 32.7 Å². The Morgan fingerprint density at radius 1 is 1.32 bits per heavy atom. The summed E-state index contributed by atoms with van der Waals surface area (Å²) in [5.74, 6) is 0.580. The summed E-state index contributed by atoms with van der Waals surface area (Å²) in [5.41, 5.74) is 1.48. The minimum atomic E-state index is -0.149. The van der Waals surface area contributed by atoms with E-state index >= 15 is 0 Å². The number of aromatic nitrogens is 1. The molecule has 3 rings (SSSR count). The van der Waals surface area contributed by atoms with Crippen molar-refractivity contribution in [2.45, 2.75) is 6.54 Å². The first kappa shape index (κ1) is 12.0. The van der Waals surface area contributed by atoms with E-state index in [0.717, 1.165) is 21.1 Å². The Hall–Kier alpha value is -2.01. The standard InChI is InChI=1S/C14H11BrN2O2/c15-10-3-4-12-9(6-10)7-13(17-12)14(18)16-8-11-2-1-5-19-11/h1-7,17H,8H2,(H,16,18). The molecule has 0 unspecified atom stereocenters. The summed E-state index contributed by atoms with van der Waals surface area (Å²) in [6.07, 6.45) is 1.59. The molecule has 4 nitrogen and oxygen atoms in total. The molecule has 1 aromatic carbocycles. The highest BCUT2D eigenvalue weighted by Crippen LogP contribution is 2.20. The average molecular weight is 319 g/mol. The fourth-order valence-corrected chi connectivity index (χ4v) is 2.28. The van der Waals surface area contributed by atoms with Gasteiger partial charge in [-0.05, 0) is 36.4 Å². The topological polar surface area (TPSA) is 58.0 Å². The van der Waals surface area contributed by atoms with Crippen LogP contribution in [-0.2, 0) is 6.54 Å². The van der Waals surface area contributed by atoms with Crippen molar-refractivity contribution in [1.29, 1.82) is 0 Å². The Morgan fingerprint density at radius 2 is 2.21 bits per heavy atom. The molecule has 0 radical (unpaired) electrons. The van der Waals surface area contributed by atoms with Crippen LogP contribution in [0.5, 0.6) is 0 Å². The third-order valence-corrected chi connectivity index (χ3v) is 3.32. The minimum Gasteiger partial charge on any atom is -0.467 e. The normalized spacial score (nSPS) is 10.8. The molecule has 96 valence electrons. The second kappa shape index (κ2) is 4.93. The van der Waals surface area contributed by atoms with Gasteiger partial charge in [-0.15, -0.1) is 0 Å². The number of benzene rings is 1. The molecule has 0 atom stereocenters. The van der Waals surface area contributed by atoms with Gasteiger partial charge in [0.1, 0.15) is 11.5 Å². The first-order valence-electron chi connectivity index (χ1n) is 5.81. The molecule has 0 bridgehead atoms. The van der Waals surface area contributed by atoms with E-state index in [-0.39, 0.29) is 5.91 Å². The molecule has 0 saturated heterocycles. The molecule has 1 amide bonds. The molecule has 0 aliphatic heterocycles. The summed E-state index contributed by atoms with van der Waals surface area (Å²) in [7, 11) is 0. The van der Waals surface area contributed by atoms with Gasteiger partial charge in [-0.2, -0.15) is 0 Å². The van der Waals surface area contributed by atoms with Gasteiger partial charge in [0.05, 0.1) is 12.8 Å². The molecule has 0 saturated carbocycles. The summed E-state index contributed by atoms with van der Waals surface area (Å²) in [5, 5.41) is 3.80. The van der Waals surface area contributed by atoms with Crippen LogP contribution in [0.4, 0.5) is 0 Å². The summed E-state index contributed by atoms with van der Waals surface area (Å²) in [6.45, 7) is 0.380. The van der Waals surface area contributed by atoms with Crippen molar-refractivity contribution in [3.63, 3.8) is 0 Å². The number of aromatic amines is 1. The Bertz CT molecular complexity index is 716. The smallest absolute Gasteiger partial charge is 0.268 e. The molecular formula is C14H11BrN2O2. The van der Waals surface area contributed by atoms with E-state index in [1.54, 1.807) is 12.3 Å². The van der Waals surface area contributed by atoms with Crippen molar-refractivity contribution in [2.75, 3.05) is 0 Å². The number of hydrogen-bond acceptors (Lipinski definition) is 2. The molecule has 0 aliphatic carbocycles. The molecule has 19 heavy (non-hydrogen) atoms. The number of carbonyl (C=O) groups is 1. The fourth-order valence-electron chi connectivity index (χ4n) is 1.90. The van der Waals surface area contributed by atoms with Crippen molar-refractivity contribution in [3.05, 3.63) is 58.6 Å². The maximum Gasteiger partial charge on any atom is 0.268 e. The first-order chi connectivity index (χ1) is 9.22. The molecule has 5 heteroatoms. The Balaban J connectivity index is 1.77. The van der Waals surface area contributed by atoms with E-state index in [9.17, 15) is 4.79 Å². The van der Waals surface area contributed by atoms with Crippen LogP contribution in [0.15, 0.2) is 51.6 Å². The van der Waals surface area contributed by atoms with Crippen LogP contribution in [0.25, 0.3) is 10.9 Å². The van der Waals surface area contributed by atoms with Crippen LogP contribution in [0.1, 0.15) is 16.2 Å². The lowest BCUT2D eigenvalue weighted by molar-refractivity contribution is 0.0944. The van der Waals surface area contributed by atoms with Crippen LogP contribution in [0.2, 0.25) is 0 Å². The Labute approximate surface area is 117 Å². The largest absolute Gasteiger partial charge is 0.467 e. The fraction of sp³-hybridized carbons (Fsp3) is 0.0714. The molecule has 0 fully saturated rings. The molecular weight excluding hydrogens is 308 g/mol. The van der Waals surface area contributed by atoms with Gasteiger partial charge < -0.3 is 14.7 Å². The highest BCUT2D eigenvalue weighted by atomic mass is 79.9. The second-order valence-electron chi connectivity index (χ2n) is 4.18. The lowest BCUT2D eigenvalue weighted by atomic mass is 10.2. The van der Waals surface area contributed by atoms with Crippen LogP contribution >= 0.6 is 15.9 Å². The zero-order valence-electron chi connectivity index (χ0n) is 9.94. The maximum atomic E-state index is 12.0. The number of carbonyl (C=O) groups excluding carboxylic acids is 1. The molecule has 2 aromatic heterocycles. The highest BCUT2D eigenvalue weighted by Gasteiger charge is 2.09. The summed E-state index contributed by atoms with van der Waals surface area (Å²) < 4.78 is 6.15. The summed E-state index contributed by atoms with van der Waals surface area (Å²) in [4.78, 5) is 15.1. The number of H-pyrrole nitrogens is 1. The van der Waals surface area contributed by atoms with E-state index in [2.05, 4.69) is 26.2 Å². The van der Waals surface area contributed by atoms with Crippen molar-refractivity contribution in [3.8, 4) is 0 Å². The minimum absolute atomic E-state index is 0.149. The van der Waals surface area contributed by atoms with E-state index in [1.807, 2.05) is 30.3 Å². The van der Waals surface area contributed by atoms with Crippen LogP contribution in [-0.4, -0.2) is 10.9 Å². The van der Waals surface area contributed by atoms with Crippen molar-refractivity contribution < 1.29 is 9.21 Å². The Kier molecular flexibility index (Phi) is 3.13. The van der Waals surface area contributed by atoms with E-state index in [1.165, 1.54) is 0 Å². The zero-order chi connectivity index (χ0) is 13.2. The lowest BCUT2D eigenvalue weighted by Crippen LogP contribution is -2.22. The van der Waals surface area contributed by atoms with E-state index in [0.29, 0.717) is 12.2 Å². The van der Waals surface area contributed by atoms with Gasteiger partial charge in [0.25, 0.3) is 5.91 Å². The number of hydrogen-bond donors (Lipinski definition) is 2. The second-order valence-corrected chi connectivity index (χ2v) is 5.09. The number of furan rings is 1. The zero-order valence-corrected chi connectivity index (χ0v) is 11.5. The highest BCUT2D eigenvalue weighted by molar-refractivity contribution is 9.10. The number of amides is 1. The van der Waals surface area contributed by atoms with Gasteiger partial charge in [-0.25, -0.2) is 0 Å². The van der Waals surface area contributed by atoms with Gasteiger partial charge >= 0.3 is 0 Å². The first-order valence-corrected chi connectivity index (χ1v) is 6.60. The Morgan fingerprint density at radius 3 is 3.00 bits per heavy atom. The van der Waals surface area contributed by atoms with Crippen LogP contribution < -0.4 is 5.32 Å². The average Bonchev–Trinajstić information content (AvgIpc) is 3.04. The van der Waals surface area contributed by atoms with Gasteiger partial charge in [0.2, 0.25) is 0 Å². The monoisotopic (exact) mass is 318 g/mol. The number of fused-ring (bicyclic) bond motifs is 1. The quantitative estimate of drug-likeness (QED) is 0.777. The van der Waals surface area contributed by atoms with Gasteiger partial charge in [-0.1, -0.05) is 15.9 Å². The van der Waals surface area contributed by atoms with Crippen LogP contribution in [0, 0.1) is 0 Å². The van der Waals surface area contributed by atoms with E-state index < -0.39 is 0 Å². The van der Waals surface area contributed by atoms with Gasteiger partial charge in [-0.3, -0.25) is 4.79 Å². The number of rotatable bonds is 3. The predicted molar refractivity (Wildman–Crippen MR) is 75.9 cm³/mol. The number of nitrogens with one attached hydrogen (secondary N) is 2.